The quantitative estimate of drug-likeness (QED) is 0.139. The van der Waals surface area contributed by atoms with Crippen molar-refractivity contribution in [3.05, 3.63) is 147 Å². The van der Waals surface area contributed by atoms with Gasteiger partial charge in [0.1, 0.15) is 6.29 Å². The van der Waals surface area contributed by atoms with Crippen LogP contribution in [0.1, 0.15) is 64.4 Å². The molecule has 0 aliphatic carbocycles. The van der Waals surface area contributed by atoms with Crippen LogP contribution in [0.4, 0.5) is 0 Å². The number of carbonyl (C=O) groups is 3. The van der Waals surface area contributed by atoms with Crippen molar-refractivity contribution in [3.63, 3.8) is 0 Å². The first-order valence-corrected chi connectivity index (χ1v) is 15.9. The van der Waals surface area contributed by atoms with Crippen molar-refractivity contribution in [1.29, 1.82) is 0 Å². The Hall–Kier alpha value is -6.36. The fraction of sp³-hybridized carbons (Fsp3) is 0.158. The summed E-state index contributed by atoms with van der Waals surface area (Å²) in [4.78, 5) is 55.3. The first-order valence-electron chi connectivity index (χ1n) is 15.9. The highest BCUT2D eigenvalue weighted by Gasteiger charge is 2.18. The number of hydrogen-bond acceptors (Lipinski definition) is 6. The van der Waals surface area contributed by atoms with Gasteiger partial charge < -0.3 is 34.0 Å². The Morgan fingerprint density at radius 3 is 1.94 bits per heavy atom. The van der Waals surface area contributed by atoms with Gasteiger partial charge in [-0.1, -0.05) is 18.2 Å². The summed E-state index contributed by atoms with van der Waals surface area (Å²) in [5.74, 6) is -0.613. The van der Waals surface area contributed by atoms with Gasteiger partial charge in [-0.25, -0.2) is 4.98 Å². The van der Waals surface area contributed by atoms with E-state index in [0.29, 0.717) is 18.4 Å². The molecule has 4 N–H and O–H groups in total. The average Bonchev–Trinajstić information content (AvgIpc) is 3.97. The predicted molar refractivity (Wildman–Crippen MR) is 183 cm³/mol. The maximum absolute atomic E-state index is 12.3. The van der Waals surface area contributed by atoms with Gasteiger partial charge in [0.05, 0.1) is 37.3 Å². The van der Waals surface area contributed by atoms with E-state index in [1.165, 1.54) is 14.2 Å². The number of nitrogens with zero attached hydrogens (tertiary/aromatic N) is 2. The van der Waals surface area contributed by atoms with E-state index in [-0.39, 0.29) is 24.8 Å². The molecule has 0 spiro atoms. The summed E-state index contributed by atoms with van der Waals surface area (Å²) in [5, 5.41) is 3.30. The number of H-pyrrole nitrogens is 4. The third-order valence-electron chi connectivity index (χ3n) is 8.78. The zero-order valence-corrected chi connectivity index (χ0v) is 27.0. The molecule has 0 saturated heterocycles. The highest BCUT2D eigenvalue weighted by Crippen LogP contribution is 2.25. The highest BCUT2D eigenvalue weighted by atomic mass is 16.5. The number of ether oxygens (including phenoxy) is 2. The van der Waals surface area contributed by atoms with Crippen molar-refractivity contribution < 1.29 is 23.9 Å². The first-order chi connectivity index (χ1) is 23.9. The van der Waals surface area contributed by atoms with Crippen molar-refractivity contribution in [2.24, 2.45) is 0 Å². The number of imidazole rings is 1. The summed E-state index contributed by atoms with van der Waals surface area (Å²) in [5.41, 5.74) is 8.18. The summed E-state index contributed by atoms with van der Waals surface area (Å²) in [6, 6.07) is 23.5. The summed E-state index contributed by atoms with van der Waals surface area (Å²) < 4.78 is 11.9. The first kappa shape index (κ1) is 31.3. The number of aromatic amines is 4. The molecule has 7 rings (SSSR count). The lowest BCUT2D eigenvalue weighted by Gasteiger charge is -2.09. The second kappa shape index (κ2) is 13.4. The van der Waals surface area contributed by atoms with Crippen molar-refractivity contribution in [2.75, 3.05) is 14.2 Å². The van der Waals surface area contributed by atoms with E-state index in [1.54, 1.807) is 18.6 Å². The molecule has 1 aliphatic heterocycles. The van der Waals surface area contributed by atoms with E-state index in [0.717, 1.165) is 78.4 Å². The van der Waals surface area contributed by atoms with Gasteiger partial charge >= 0.3 is 11.9 Å². The standard InChI is InChI=1S/C38H34N6O5/c1-48-35(46)16-6-25-27-8-12-31(40-27)37(24-5-3-4-23(20-24)21-45)32-13-9-28(41-32)26(7-17-36(47)49-2)30-11-15-34(43-30)38(44-19-18-39-22-44)33-14-10-29(25)42-33/h3-5,8-15,18-22,40-43H,6-7,16-17H2,1-2H3. The normalized spacial score (nSPS) is 12.7. The largest absolute Gasteiger partial charge is 0.469 e. The van der Waals surface area contributed by atoms with Crippen LogP contribution in [0.25, 0.3) is 22.4 Å². The van der Waals surface area contributed by atoms with Gasteiger partial charge in [0.25, 0.3) is 0 Å². The molecule has 11 nitrogen and oxygen atoms in total. The van der Waals surface area contributed by atoms with Crippen LogP contribution in [-0.4, -0.2) is 61.9 Å². The van der Waals surface area contributed by atoms with Crippen LogP contribution in [0.2, 0.25) is 0 Å². The van der Waals surface area contributed by atoms with Crippen LogP contribution in [0.15, 0.2) is 91.5 Å². The van der Waals surface area contributed by atoms with Crippen molar-refractivity contribution >= 4 is 40.6 Å². The maximum atomic E-state index is 12.3. The topological polar surface area (TPSA) is 151 Å². The van der Waals surface area contributed by atoms with Gasteiger partial charge in [-0.05, 0) is 84.1 Å². The van der Waals surface area contributed by atoms with E-state index in [2.05, 4.69) is 24.9 Å². The van der Waals surface area contributed by atoms with E-state index in [9.17, 15) is 14.4 Å². The van der Waals surface area contributed by atoms with E-state index < -0.39 is 0 Å². The average molecular weight is 655 g/mol. The summed E-state index contributed by atoms with van der Waals surface area (Å²) >= 11 is 0. The molecule has 0 fully saturated rings. The molecule has 6 heterocycles. The molecule has 0 saturated carbocycles. The van der Waals surface area contributed by atoms with Gasteiger partial charge in [-0.3, -0.25) is 14.4 Å². The molecule has 1 aromatic carbocycles. The molecular formula is C38H34N6O5. The fourth-order valence-corrected chi connectivity index (χ4v) is 6.38. The molecular weight excluding hydrogens is 620 g/mol. The fourth-order valence-electron chi connectivity index (χ4n) is 6.38. The second-order valence-corrected chi connectivity index (χ2v) is 11.7. The number of aldehydes is 1. The molecule has 1 aliphatic rings. The summed E-state index contributed by atoms with van der Waals surface area (Å²) in [7, 11) is 2.78. The summed E-state index contributed by atoms with van der Waals surface area (Å²) in [6.45, 7) is 0. The molecule has 0 radical (unpaired) electrons. The van der Waals surface area contributed by atoms with Gasteiger partial charge in [-0.15, -0.1) is 0 Å². The Balaban J connectivity index is 1.56. The van der Waals surface area contributed by atoms with E-state index in [1.807, 2.05) is 77.5 Å². The van der Waals surface area contributed by atoms with Crippen LogP contribution >= 0.6 is 0 Å². The van der Waals surface area contributed by atoms with Crippen molar-refractivity contribution in [1.82, 2.24) is 29.5 Å². The van der Waals surface area contributed by atoms with Crippen molar-refractivity contribution in [2.45, 2.75) is 25.7 Å². The lowest BCUT2D eigenvalue weighted by atomic mass is 10.0. The molecule has 5 aromatic heterocycles. The lowest BCUT2D eigenvalue weighted by Crippen LogP contribution is -2.20. The second-order valence-electron chi connectivity index (χ2n) is 11.7. The number of nitrogens with one attached hydrogen (secondary N) is 4. The molecule has 0 amide bonds. The van der Waals surface area contributed by atoms with Crippen LogP contribution in [0, 0.1) is 0 Å². The zero-order valence-electron chi connectivity index (χ0n) is 27.0. The monoisotopic (exact) mass is 654 g/mol. The Labute approximate surface area is 280 Å². The minimum Gasteiger partial charge on any atom is -0.469 e. The lowest BCUT2D eigenvalue weighted by molar-refractivity contribution is -0.141. The van der Waals surface area contributed by atoms with Gasteiger partial charge in [0, 0.05) is 69.5 Å². The third kappa shape index (κ3) is 6.21. The molecule has 8 bridgehead atoms. The van der Waals surface area contributed by atoms with Crippen molar-refractivity contribution in [3.8, 4) is 0 Å². The van der Waals surface area contributed by atoms with Gasteiger partial charge in [0.2, 0.25) is 0 Å². The molecule has 49 heavy (non-hydrogen) atoms. The number of benzene rings is 1. The van der Waals surface area contributed by atoms with Crippen LogP contribution < -0.4 is 21.4 Å². The number of esters is 2. The smallest absolute Gasteiger partial charge is 0.305 e. The maximum Gasteiger partial charge on any atom is 0.305 e. The summed E-state index contributed by atoms with van der Waals surface area (Å²) in [6.07, 6.45) is 7.39. The number of methoxy groups -OCH3 is 2. The molecule has 6 aromatic rings. The SMILES string of the molecule is COC(=O)CCC1=c2ccc([nH]2)=C(c2cccc(C=O)c2)c2ccc([nH]2)C(CCC(=O)OC)=c2ccc([nH]2)=C(n2ccnc2)c2ccc1[nH]2. The van der Waals surface area contributed by atoms with Crippen LogP contribution in [-0.2, 0) is 19.1 Å². The zero-order chi connectivity index (χ0) is 33.9. The highest BCUT2D eigenvalue weighted by molar-refractivity contribution is 5.83. The number of carbonyl (C=O) groups excluding carboxylic acids is 3. The number of hydrogen-bond donors (Lipinski definition) is 4. The number of aromatic nitrogens is 6. The Bertz CT molecular complexity index is 2440. The third-order valence-corrected chi connectivity index (χ3v) is 8.78. The molecule has 11 heteroatoms. The van der Waals surface area contributed by atoms with E-state index >= 15 is 0 Å². The predicted octanol–water partition coefficient (Wildman–Crippen LogP) is 2.58. The van der Waals surface area contributed by atoms with E-state index in [4.69, 9.17) is 9.47 Å². The van der Waals surface area contributed by atoms with Crippen LogP contribution in [0.3, 0.4) is 0 Å². The molecule has 0 unspecified atom stereocenters. The minimum atomic E-state index is -0.307. The van der Waals surface area contributed by atoms with Gasteiger partial charge in [-0.2, -0.15) is 0 Å². The molecule has 0 atom stereocenters. The molecule has 246 valence electrons. The Morgan fingerprint density at radius 1 is 0.714 bits per heavy atom. The number of rotatable bonds is 9. The minimum absolute atomic E-state index is 0.189. The Kier molecular flexibility index (Phi) is 8.55. The Morgan fingerprint density at radius 2 is 1.31 bits per heavy atom. The van der Waals surface area contributed by atoms with Gasteiger partial charge in [0.15, 0.2) is 0 Å². The number of fused-ring (bicyclic) bond motifs is 8. The van der Waals surface area contributed by atoms with Crippen LogP contribution in [0.5, 0.6) is 0 Å².